The second-order valence-electron chi connectivity index (χ2n) is 10.4. The first kappa shape index (κ1) is 23.2. The van der Waals surface area contributed by atoms with Gasteiger partial charge in [0.25, 0.3) is 5.56 Å². The SMILES string of the molecule is CC(C)N1CCC(CN2Cc3c[nH]c4c(=O)n(C)cc(c34)-c3cc(CS(C)(=O)=O)ccc32)CC1. The van der Waals surface area contributed by atoms with E-state index in [9.17, 15) is 13.2 Å². The number of aromatic amines is 1. The quantitative estimate of drug-likeness (QED) is 0.602. The number of nitrogens with zero attached hydrogens (tertiary/aromatic N) is 3. The number of piperidine rings is 1. The molecule has 8 heteroatoms. The number of sulfone groups is 1. The van der Waals surface area contributed by atoms with Crippen molar-refractivity contribution < 1.29 is 8.42 Å². The van der Waals surface area contributed by atoms with Gasteiger partial charge in [-0.25, -0.2) is 8.42 Å². The Morgan fingerprint density at radius 3 is 2.56 bits per heavy atom. The number of hydrogen-bond acceptors (Lipinski definition) is 5. The van der Waals surface area contributed by atoms with Crippen molar-refractivity contribution in [2.75, 3.05) is 30.8 Å². The monoisotopic (exact) mass is 482 g/mol. The highest BCUT2D eigenvalue weighted by Gasteiger charge is 2.28. The van der Waals surface area contributed by atoms with Gasteiger partial charge in [-0.05, 0) is 69.0 Å². The van der Waals surface area contributed by atoms with Gasteiger partial charge >= 0.3 is 0 Å². The minimum atomic E-state index is -3.16. The molecule has 0 spiro atoms. The van der Waals surface area contributed by atoms with Crippen molar-refractivity contribution in [2.45, 2.75) is 45.0 Å². The maximum absolute atomic E-state index is 12.8. The van der Waals surface area contributed by atoms with Crippen molar-refractivity contribution in [3.05, 3.63) is 52.1 Å². The fourth-order valence-electron chi connectivity index (χ4n) is 5.65. The zero-order valence-corrected chi connectivity index (χ0v) is 21.3. The Kier molecular flexibility index (Phi) is 5.84. The lowest BCUT2D eigenvalue weighted by Gasteiger charge is -2.37. The van der Waals surface area contributed by atoms with Crippen LogP contribution in [-0.4, -0.2) is 54.8 Å². The molecule has 0 amide bonds. The molecule has 0 radical (unpaired) electrons. The Bertz CT molecular complexity index is 1400. The van der Waals surface area contributed by atoms with Crippen LogP contribution < -0.4 is 10.5 Å². The molecule has 1 fully saturated rings. The number of nitrogens with one attached hydrogen (secondary N) is 1. The lowest BCUT2D eigenvalue weighted by atomic mass is 9.94. The average Bonchev–Trinajstić information content (AvgIpc) is 3.14. The summed E-state index contributed by atoms with van der Waals surface area (Å²) in [5, 5.41) is 0.956. The molecule has 1 saturated heterocycles. The first-order valence-corrected chi connectivity index (χ1v) is 14.2. The number of likely N-dealkylation sites (tertiary alicyclic amines) is 1. The number of aromatic nitrogens is 2. The molecule has 3 aromatic rings. The highest BCUT2D eigenvalue weighted by Crippen LogP contribution is 2.41. The van der Waals surface area contributed by atoms with Gasteiger partial charge in [-0.2, -0.15) is 0 Å². The maximum atomic E-state index is 12.8. The van der Waals surface area contributed by atoms with Gasteiger partial charge in [0.1, 0.15) is 5.52 Å². The second-order valence-corrected chi connectivity index (χ2v) is 12.5. The molecule has 1 aromatic carbocycles. The average molecular weight is 483 g/mol. The Morgan fingerprint density at radius 1 is 1.15 bits per heavy atom. The molecule has 7 nitrogen and oxygen atoms in total. The van der Waals surface area contributed by atoms with Gasteiger partial charge in [-0.3, -0.25) is 4.79 Å². The molecule has 0 unspecified atom stereocenters. The molecule has 2 aliphatic heterocycles. The number of pyridine rings is 1. The molecular weight excluding hydrogens is 448 g/mol. The Hall–Kier alpha value is -2.58. The predicted octanol–water partition coefficient (Wildman–Crippen LogP) is 3.52. The molecule has 34 heavy (non-hydrogen) atoms. The Morgan fingerprint density at radius 2 is 1.88 bits per heavy atom. The third-order valence-electron chi connectivity index (χ3n) is 7.43. The van der Waals surface area contributed by atoms with Gasteiger partial charge in [0.05, 0.1) is 5.75 Å². The summed E-state index contributed by atoms with van der Waals surface area (Å²) in [6.45, 7) is 8.45. The number of aryl methyl sites for hydroxylation is 1. The highest BCUT2D eigenvalue weighted by molar-refractivity contribution is 7.89. The summed E-state index contributed by atoms with van der Waals surface area (Å²) in [5.74, 6) is 0.600. The fourth-order valence-corrected chi connectivity index (χ4v) is 6.43. The summed E-state index contributed by atoms with van der Waals surface area (Å²) in [6, 6.07) is 6.60. The van der Waals surface area contributed by atoms with E-state index >= 15 is 0 Å². The zero-order valence-electron chi connectivity index (χ0n) is 20.5. The highest BCUT2D eigenvalue weighted by atomic mass is 32.2. The molecule has 4 heterocycles. The third-order valence-corrected chi connectivity index (χ3v) is 8.29. The molecule has 1 N–H and O–H groups in total. The molecule has 2 aliphatic rings. The minimum absolute atomic E-state index is 0.00282. The van der Waals surface area contributed by atoms with Crippen LogP contribution in [0.15, 0.2) is 35.4 Å². The van der Waals surface area contributed by atoms with Gasteiger partial charge in [0.2, 0.25) is 0 Å². The van der Waals surface area contributed by atoms with Crippen molar-refractivity contribution in [2.24, 2.45) is 13.0 Å². The Labute approximate surface area is 201 Å². The van der Waals surface area contributed by atoms with Crippen molar-refractivity contribution in [1.29, 1.82) is 0 Å². The van der Waals surface area contributed by atoms with Crippen molar-refractivity contribution in [3.63, 3.8) is 0 Å². The van der Waals surface area contributed by atoms with Crippen molar-refractivity contribution >= 4 is 26.4 Å². The number of rotatable bonds is 5. The van der Waals surface area contributed by atoms with Crippen LogP contribution in [-0.2, 0) is 29.2 Å². The van der Waals surface area contributed by atoms with E-state index in [1.54, 1.807) is 11.6 Å². The summed E-state index contributed by atoms with van der Waals surface area (Å²) >= 11 is 0. The van der Waals surface area contributed by atoms with Crippen LogP contribution in [0.2, 0.25) is 0 Å². The smallest absolute Gasteiger partial charge is 0.274 e. The molecule has 5 rings (SSSR count). The van der Waals surface area contributed by atoms with Gasteiger partial charge in [-0.15, -0.1) is 0 Å². The fraction of sp³-hybridized carbons (Fsp3) is 0.500. The van der Waals surface area contributed by atoms with E-state index in [-0.39, 0.29) is 11.3 Å². The van der Waals surface area contributed by atoms with Gasteiger partial charge in [0, 0.05) is 67.0 Å². The summed E-state index contributed by atoms with van der Waals surface area (Å²) < 4.78 is 25.7. The van der Waals surface area contributed by atoms with Gasteiger partial charge < -0.3 is 19.4 Å². The molecule has 0 saturated carbocycles. The maximum Gasteiger partial charge on any atom is 0.274 e. The standard InChI is InChI=1S/C26H34N4O3S/c1-17(2)29-9-7-18(8-10-29)13-30-14-20-12-27-25-24(20)22(15-28(3)26(25)31)21-11-19(5-6-23(21)30)16-34(4,32)33/h5-6,11-12,15,17-18,27H,7-10,13-14,16H2,1-4H3. The number of hydrogen-bond donors (Lipinski definition) is 1. The first-order valence-electron chi connectivity index (χ1n) is 12.1. The van der Waals surface area contributed by atoms with E-state index in [2.05, 4.69) is 34.7 Å². The van der Waals surface area contributed by atoms with E-state index in [1.165, 1.54) is 19.1 Å². The largest absolute Gasteiger partial charge is 0.366 e. The van der Waals surface area contributed by atoms with Crippen LogP contribution in [0.25, 0.3) is 22.0 Å². The van der Waals surface area contributed by atoms with E-state index < -0.39 is 9.84 Å². The normalized spacial score (nSPS) is 17.4. The van der Waals surface area contributed by atoms with Crippen LogP contribution in [0.1, 0.15) is 37.8 Å². The molecule has 0 bridgehead atoms. The van der Waals surface area contributed by atoms with E-state index in [1.807, 2.05) is 24.5 Å². The van der Waals surface area contributed by atoms with Gasteiger partial charge in [-0.1, -0.05) is 6.07 Å². The van der Waals surface area contributed by atoms with Crippen LogP contribution >= 0.6 is 0 Å². The van der Waals surface area contributed by atoms with Crippen molar-refractivity contribution in [3.8, 4) is 11.1 Å². The topological polar surface area (TPSA) is 78.4 Å². The molecule has 0 atom stereocenters. The third kappa shape index (κ3) is 4.29. The van der Waals surface area contributed by atoms with Crippen LogP contribution in [0.3, 0.4) is 0 Å². The van der Waals surface area contributed by atoms with Gasteiger partial charge in [0.15, 0.2) is 9.84 Å². The summed E-state index contributed by atoms with van der Waals surface area (Å²) in [4.78, 5) is 21.0. The second kappa shape index (κ2) is 8.57. The zero-order chi connectivity index (χ0) is 24.2. The van der Waals surface area contributed by atoms with Crippen molar-refractivity contribution in [1.82, 2.24) is 14.5 Å². The lowest BCUT2D eigenvalue weighted by molar-refractivity contribution is 0.151. The predicted molar refractivity (Wildman–Crippen MR) is 138 cm³/mol. The first-order chi connectivity index (χ1) is 16.1. The van der Waals surface area contributed by atoms with E-state index in [4.69, 9.17) is 0 Å². The molecule has 2 aromatic heterocycles. The number of benzene rings is 1. The van der Waals surface area contributed by atoms with E-state index in [0.717, 1.165) is 59.5 Å². The van der Waals surface area contributed by atoms with Crippen LogP contribution in [0.5, 0.6) is 0 Å². The lowest BCUT2D eigenvalue weighted by Crippen LogP contribution is -2.41. The van der Waals surface area contributed by atoms with Crippen LogP contribution in [0.4, 0.5) is 5.69 Å². The summed E-state index contributed by atoms with van der Waals surface area (Å²) in [6.07, 6.45) is 7.47. The minimum Gasteiger partial charge on any atom is -0.366 e. The van der Waals surface area contributed by atoms with E-state index in [0.29, 0.717) is 17.5 Å². The number of fused-ring (bicyclic) bond motifs is 2. The molecule has 182 valence electrons. The molecular formula is C26H34N4O3S. The number of anilines is 1. The number of H-pyrrole nitrogens is 1. The summed E-state index contributed by atoms with van der Waals surface area (Å²) in [5.41, 5.74) is 5.54. The Balaban J connectivity index is 1.59. The van der Waals surface area contributed by atoms with Crippen LogP contribution in [0, 0.1) is 5.92 Å². The molecule has 0 aliphatic carbocycles. The summed E-state index contributed by atoms with van der Waals surface area (Å²) in [7, 11) is -1.39.